The molecule has 98 valence electrons. The summed E-state index contributed by atoms with van der Waals surface area (Å²) >= 11 is 0. The predicted molar refractivity (Wildman–Crippen MR) is 63.7 cm³/mol. The van der Waals surface area contributed by atoms with Crippen molar-refractivity contribution in [1.82, 2.24) is 0 Å². The van der Waals surface area contributed by atoms with Gasteiger partial charge in [-0.3, -0.25) is 0 Å². The molecule has 0 aromatic heterocycles. The molecule has 0 bridgehead atoms. The van der Waals surface area contributed by atoms with Gasteiger partial charge in [0.2, 0.25) is 10.0 Å². The Balaban J connectivity index is 4.33. The van der Waals surface area contributed by atoms with Gasteiger partial charge in [-0.2, -0.15) is 0 Å². The highest BCUT2D eigenvalue weighted by Gasteiger charge is 2.31. The summed E-state index contributed by atoms with van der Waals surface area (Å²) in [5.74, 6) is -0.0278. The third kappa shape index (κ3) is 6.42. The van der Waals surface area contributed by atoms with Crippen LogP contribution in [0.2, 0.25) is 0 Å². The minimum Gasteiger partial charge on any atom is -0.382 e. The highest BCUT2D eigenvalue weighted by molar-refractivity contribution is 7.89. The molecule has 0 aromatic carbocycles. The number of hydrogen-bond donors (Lipinski definition) is 1. The highest BCUT2D eigenvalue weighted by atomic mass is 32.2. The fourth-order valence-electron chi connectivity index (χ4n) is 1.56. The second kappa shape index (κ2) is 7.21. The Labute approximate surface area is 98.4 Å². The molecule has 5 nitrogen and oxygen atoms in total. The number of rotatable bonds is 9. The van der Waals surface area contributed by atoms with E-state index in [1.54, 1.807) is 7.11 Å². The van der Waals surface area contributed by atoms with Crippen molar-refractivity contribution in [3.63, 3.8) is 0 Å². The Bertz CT molecular complexity index is 273. The van der Waals surface area contributed by atoms with Crippen molar-refractivity contribution in [2.75, 3.05) is 32.7 Å². The first-order valence-corrected chi connectivity index (χ1v) is 7.18. The largest absolute Gasteiger partial charge is 0.382 e. The molecule has 6 heteroatoms. The zero-order valence-electron chi connectivity index (χ0n) is 10.4. The van der Waals surface area contributed by atoms with Crippen LogP contribution < -0.4 is 5.14 Å². The molecule has 0 saturated carbocycles. The minimum atomic E-state index is -3.46. The third-order valence-corrected chi connectivity index (χ3v) is 3.86. The maximum Gasteiger partial charge on any atom is 0.209 e. The van der Waals surface area contributed by atoms with E-state index in [9.17, 15) is 8.42 Å². The highest BCUT2D eigenvalue weighted by Crippen LogP contribution is 2.28. The molecule has 0 saturated heterocycles. The van der Waals surface area contributed by atoms with E-state index in [1.807, 2.05) is 13.8 Å². The van der Waals surface area contributed by atoms with Crippen LogP contribution in [0, 0.1) is 5.41 Å². The summed E-state index contributed by atoms with van der Waals surface area (Å²) in [6.45, 7) is 5.30. The smallest absolute Gasteiger partial charge is 0.209 e. The molecule has 0 unspecified atom stereocenters. The van der Waals surface area contributed by atoms with Crippen LogP contribution in [0.1, 0.15) is 26.7 Å². The lowest BCUT2D eigenvalue weighted by atomic mass is 9.85. The normalized spacial score (nSPS) is 13.0. The monoisotopic (exact) mass is 253 g/mol. The van der Waals surface area contributed by atoms with E-state index in [0.29, 0.717) is 19.8 Å². The lowest BCUT2D eigenvalue weighted by Gasteiger charge is -2.30. The number of primary sulfonamides is 1. The average Bonchev–Trinajstić information content (AvgIpc) is 2.21. The lowest BCUT2D eigenvalue weighted by Crippen LogP contribution is -2.37. The zero-order valence-corrected chi connectivity index (χ0v) is 11.2. The van der Waals surface area contributed by atoms with E-state index in [-0.39, 0.29) is 11.2 Å². The molecule has 0 spiro atoms. The molecular weight excluding hydrogens is 230 g/mol. The maximum atomic E-state index is 11.2. The molecule has 0 atom stereocenters. The Morgan fingerprint density at radius 1 is 1.19 bits per heavy atom. The number of methoxy groups -OCH3 is 1. The van der Waals surface area contributed by atoms with E-state index in [0.717, 1.165) is 12.8 Å². The molecule has 0 heterocycles. The van der Waals surface area contributed by atoms with Crippen LogP contribution in [-0.4, -0.2) is 41.1 Å². The SMILES string of the molecule is CCC(CC)(COCCOC)CS(N)(=O)=O. The standard InChI is InChI=1S/C10H23NO4S/c1-4-10(5-2,9-16(11,12)13)8-15-7-6-14-3/h4-9H2,1-3H3,(H2,11,12,13). The van der Waals surface area contributed by atoms with Crippen molar-refractivity contribution in [1.29, 1.82) is 0 Å². The zero-order chi connectivity index (χ0) is 12.7. The quantitative estimate of drug-likeness (QED) is 0.615. The average molecular weight is 253 g/mol. The molecule has 0 rings (SSSR count). The fraction of sp³-hybridized carbons (Fsp3) is 1.00. The van der Waals surface area contributed by atoms with E-state index in [1.165, 1.54) is 0 Å². The van der Waals surface area contributed by atoms with Crippen LogP contribution in [-0.2, 0) is 19.5 Å². The van der Waals surface area contributed by atoms with E-state index in [2.05, 4.69) is 0 Å². The van der Waals surface area contributed by atoms with Gasteiger partial charge in [0.05, 0.1) is 25.6 Å². The van der Waals surface area contributed by atoms with Crippen LogP contribution >= 0.6 is 0 Å². The molecule has 0 amide bonds. The van der Waals surface area contributed by atoms with Gasteiger partial charge in [-0.15, -0.1) is 0 Å². The van der Waals surface area contributed by atoms with Gasteiger partial charge in [-0.05, 0) is 12.8 Å². The fourth-order valence-corrected chi connectivity index (χ4v) is 2.90. The maximum absolute atomic E-state index is 11.2. The van der Waals surface area contributed by atoms with Gasteiger partial charge >= 0.3 is 0 Å². The third-order valence-electron chi connectivity index (χ3n) is 2.85. The Hall–Kier alpha value is -0.170. The topological polar surface area (TPSA) is 78.6 Å². The first-order valence-electron chi connectivity index (χ1n) is 5.46. The molecule has 0 aliphatic heterocycles. The van der Waals surface area contributed by atoms with Crippen molar-refractivity contribution >= 4 is 10.0 Å². The summed E-state index contributed by atoms with van der Waals surface area (Å²) in [5, 5.41) is 5.10. The van der Waals surface area contributed by atoms with Crippen LogP contribution in [0.3, 0.4) is 0 Å². The van der Waals surface area contributed by atoms with E-state index in [4.69, 9.17) is 14.6 Å². The molecule has 2 N–H and O–H groups in total. The van der Waals surface area contributed by atoms with E-state index < -0.39 is 10.0 Å². The Morgan fingerprint density at radius 2 is 1.75 bits per heavy atom. The molecule has 0 aliphatic rings. The molecule has 0 aliphatic carbocycles. The second-order valence-corrected chi connectivity index (χ2v) is 5.67. The van der Waals surface area contributed by atoms with Gasteiger partial charge in [0.1, 0.15) is 0 Å². The van der Waals surface area contributed by atoms with Gasteiger partial charge in [0.15, 0.2) is 0 Å². The van der Waals surface area contributed by atoms with Crippen LogP contribution in [0.4, 0.5) is 0 Å². The van der Waals surface area contributed by atoms with Crippen molar-refractivity contribution in [3.05, 3.63) is 0 Å². The second-order valence-electron chi connectivity index (χ2n) is 4.06. The summed E-state index contributed by atoms with van der Waals surface area (Å²) in [6.07, 6.45) is 1.46. The number of nitrogens with two attached hydrogens (primary N) is 1. The van der Waals surface area contributed by atoms with Crippen molar-refractivity contribution in [3.8, 4) is 0 Å². The minimum absolute atomic E-state index is 0.0278. The van der Waals surface area contributed by atoms with E-state index >= 15 is 0 Å². The Morgan fingerprint density at radius 3 is 2.12 bits per heavy atom. The van der Waals surface area contributed by atoms with Gasteiger partial charge < -0.3 is 9.47 Å². The summed E-state index contributed by atoms with van der Waals surface area (Å²) in [5.41, 5.74) is -0.374. The van der Waals surface area contributed by atoms with Gasteiger partial charge in [0, 0.05) is 12.5 Å². The van der Waals surface area contributed by atoms with Gasteiger partial charge in [-0.1, -0.05) is 13.8 Å². The predicted octanol–water partition coefficient (Wildman–Crippen LogP) is 0.744. The van der Waals surface area contributed by atoms with Gasteiger partial charge in [-0.25, -0.2) is 13.6 Å². The number of ether oxygens (including phenoxy) is 2. The summed E-state index contributed by atoms with van der Waals surface area (Å²) in [4.78, 5) is 0. The van der Waals surface area contributed by atoms with Gasteiger partial charge in [0.25, 0.3) is 0 Å². The Kier molecular flexibility index (Phi) is 7.14. The summed E-state index contributed by atoms with van der Waals surface area (Å²) in [6, 6.07) is 0. The summed E-state index contributed by atoms with van der Waals surface area (Å²) < 4.78 is 32.6. The first kappa shape index (κ1) is 15.8. The first-order chi connectivity index (χ1) is 7.39. The molecule has 16 heavy (non-hydrogen) atoms. The molecule has 0 radical (unpaired) electrons. The van der Waals surface area contributed by atoms with Crippen LogP contribution in [0.5, 0.6) is 0 Å². The molecular formula is C10H23NO4S. The number of sulfonamides is 1. The molecule has 0 aromatic rings. The summed E-state index contributed by atoms with van der Waals surface area (Å²) in [7, 11) is -1.86. The van der Waals surface area contributed by atoms with Crippen LogP contribution in [0.25, 0.3) is 0 Å². The van der Waals surface area contributed by atoms with Crippen molar-refractivity contribution in [2.45, 2.75) is 26.7 Å². The number of hydrogen-bond acceptors (Lipinski definition) is 4. The van der Waals surface area contributed by atoms with Crippen molar-refractivity contribution in [2.24, 2.45) is 10.6 Å². The lowest BCUT2D eigenvalue weighted by molar-refractivity contribution is 0.0198. The van der Waals surface area contributed by atoms with Crippen LogP contribution in [0.15, 0.2) is 0 Å². The molecule has 0 fully saturated rings. The van der Waals surface area contributed by atoms with Crippen molar-refractivity contribution < 1.29 is 17.9 Å².